The Hall–Kier alpha value is -1.99. The van der Waals surface area contributed by atoms with Gasteiger partial charge in [0.2, 0.25) is 0 Å². The Morgan fingerprint density at radius 1 is 1.17 bits per heavy atom. The molecule has 0 radical (unpaired) electrons. The molecule has 18 heavy (non-hydrogen) atoms. The number of hydrogen-bond acceptors (Lipinski definition) is 2. The van der Waals surface area contributed by atoms with Gasteiger partial charge in [0.05, 0.1) is 11.3 Å². The number of nitriles is 1. The number of aryl methyl sites for hydroxylation is 1. The van der Waals surface area contributed by atoms with Crippen molar-refractivity contribution in [1.29, 1.82) is 5.26 Å². The van der Waals surface area contributed by atoms with Gasteiger partial charge in [-0.25, -0.2) is 13.8 Å². The maximum Gasteiger partial charge on any atom is 0.147 e. The minimum absolute atomic E-state index is 0.0252. The third-order valence-corrected chi connectivity index (χ3v) is 2.72. The van der Waals surface area contributed by atoms with Crippen molar-refractivity contribution in [2.24, 2.45) is 0 Å². The second kappa shape index (κ2) is 4.71. The molecule has 2 nitrogen and oxygen atoms in total. The molecule has 1 aromatic carbocycles. The van der Waals surface area contributed by atoms with Gasteiger partial charge in [0.1, 0.15) is 22.9 Å². The molecule has 0 saturated carbocycles. The molecule has 0 saturated heterocycles. The Morgan fingerprint density at radius 3 is 2.28 bits per heavy atom. The van der Waals surface area contributed by atoms with Crippen molar-refractivity contribution >= 4 is 11.6 Å². The third-order valence-electron chi connectivity index (χ3n) is 2.44. The van der Waals surface area contributed by atoms with Crippen LogP contribution in [0.5, 0.6) is 0 Å². The lowest BCUT2D eigenvalue weighted by molar-refractivity contribution is 0.584. The first-order valence-electron chi connectivity index (χ1n) is 5.05. The minimum Gasteiger partial charge on any atom is -0.235 e. The van der Waals surface area contributed by atoms with Crippen LogP contribution in [0.1, 0.15) is 11.1 Å². The number of rotatable bonds is 1. The van der Waals surface area contributed by atoms with E-state index in [1.165, 1.54) is 0 Å². The zero-order chi connectivity index (χ0) is 13.3. The number of hydrogen-bond donors (Lipinski definition) is 0. The summed E-state index contributed by atoms with van der Waals surface area (Å²) in [5.41, 5.74) is 1.48. The summed E-state index contributed by atoms with van der Waals surface area (Å²) in [5.74, 6) is -1.38. The second-order valence-corrected chi connectivity index (χ2v) is 4.12. The van der Waals surface area contributed by atoms with Crippen LogP contribution in [0.15, 0.2) is 24.3 Å². The average Bonchev–Trinajstić information content (AvgIpc) is 2.27. The molecular formula is C13H7ClF2N2. The van der Waals surface area contributed by atoms with Crippen LogP contribution in [0, 0.1) is 29.9 Å². The molecular weight excluding hydrogens is 258 g/mol. The van der Waals surface area contributed by atoms with Crippen LogP contribution < -0.4 is 0 Å². The van der Waals surface area contributed by atoms with Gasteiger partial charge in [0.25, 0.3) is 0 Å². The summed E-state index contributed by atoms with van der Waals surface area (Å²) in [4.78, 5) is 3.97. The van der Waals surface area contributed by atoms with E-state index in [4.69, 9.17) is 16.9 Å². The summed E-state index contributed by atoms with van der Waals surface area (Å²) in [6, 6.07) is 6.59. The maximum atomic E-state index is 13.1. The number of aromatic nitrogens is 1. The summed E-state index contributed by atoms with van der Waals surface area (Å²) in [6.07, 6.45) is 0. The Kier molecular flexibility index (Phi) is 3.26. The van der Waals surface area contributed by atoms with E-state index in [-0.39, 0.29) is 16.3 Å². The highest BCUT2D eigenvalue weighted by Crippen LogP contribution is 2.25. The number of halogens is 3. The van der Waals surface area contributed by atoms with Crippen molar-refractivity contribution in [2.75, 3.05) is 0 Å². The number of benzene rings is 1. The predicted octanol–water partition coefficient (Wildman–Crippen LogP) is 3.86. The largest absolute Gasteiger partial charge is 0.235 e. The maximum absolute atomic E-state index is 13.1. The van der Waals surface area contributed by atoms with E-state index >= 15 is 0 Å². The highest BCUT2D eigenvalue weighted by atomic mass is 35.5. The van der Waals surface area contributed by atoms with Gasteiger partial charge in [-0.15, -0.1) is 0 Å². The third kappa shape index (κ3) is 2.31. The van der Waals surface area contributed by atoms with Crippen LogP contribution in [0.25, 0.3) is 11.3 Å². The van der Waals surface area contributed by atoms with Gasteiger partial charge in [-0.1, -0.05) is 11.6 Å². The first kappa shape index (κ1) is 12.5. The van der Waals surface area contributed by atoms with Crippen molar-refractivity contribution < 1.29 is 8.78 Å². The lowest BCUT2D eigenvalue weighted by Crippen LogP contribution is -1.93. The van der Waals surface area contributed by atoms with Crippen molar-refractivity contribution in [2.45, 2.75) is 6.92 Å². The van der Waals surface area contributed by atoms with Gasteiger partial charge in [-0.3, -0.25) is 0 Å². The van der Waals surface area contributed by atoms with Crippen LogP contribution in [0.3, 0.4) is 0 Å². The molecule has 1 heterocycles. The van der Waals surface area contributed by atoms with Crippen LogP contribution in [0.4, 0.5) is 8.78 Å². The molecule has 0 aliphatic carbocycles. The molecule has 0 atom stereocenters. The summed E-state index contributed by atoms with van der Waals surface area (Å²) < 4.78 is 26.2. The van der Waals surface area contributed by atoms with Gasteiger partial charge in [0.15, 0.2) is 0 Å². The fourth-order valence-corrected chi connectivity index (χ4v) is 1.90. The Balaban J connectivity index is 2.62. The molecule has 0 spiro atoms. The molecule has 0 fully saturated rings. The SMILES string of the molecule is Cc1cc(-c2cc(F)cc(F)c2)nc(Cl)c1C#N. The molecule has 0 unspecified atom stereocenters. The van der Waals surface area contributed by atoms with E-state index in [1.807, 2.05) is 6.07 Å². The summed E-state index contributed by atoms with van der Waals surface area (Å²) >= 11 is 5.84. The van der Waals surface area contributed by atoms with Crippen molar-refractivity contribution in [3.63, 3.8) is 0 Å². The molecule has 0 aliphatic heterocycles. The van der Waals surface area contributed by atoms with E-state index in [1.54, 1.807) is 13.0 Å². The van der Waals surface area contributed by atoms with E-state index in [0.29, 0.717) is 11.3 Å². The first-order chi connectivity index (χ1) is 8.51. The standard InChI is InChI=1S/C13H7ClF2N2/c1-7-2-12(18-13(14)11(7)6-17)8-3-9(15)5-10(16)4-8/h2-5H,1H3. The molecule has 0 aliphatic rings. The number of pyridine rings is 1. The Labute approximate surface area is 107 Å². The summed E-state index contributed by atoms with van der Waals surface area (Å²) in [6.45, 7) is 1.69. The summed E-state index contributed by atoms with van der Waals surface area (Å²) in [5, 5.41) is 8.88. The molecule has 5 heteroatoms. The lowest BCUT2D eigenvalue weighted by Gasteiger charge is -2.06. The fourth-order valence-electron chi connectivity index (χ4n) is 1.62. The molecule has 0 N–H and O–H groups in total. The molecule has 90 valence electrons. The van der Waals surface area contributed by atoms with Crippen molar-refractivity contribution in [3.05, 3.63) is 52.2 Å². The Bertz CT molecular complexity index is 619. The molecule has 1 aromatic heterocycles. The predicted molar refractivity (Wildman–Crippen MR) is 64.1 cm³/mol. The smallest absolute Gasteiger partial charge is 0.147 e. The minimum atomic E-state index is -0.690. The van der Waals surface area contributed by atoms with Gasteiger partial charge < -0.3 is 0 Å². The van der Waals surface area contributed by atoms with Gasteiger partial charge in [-0.05, 0) is 30.7 Å². The molecule has 2 aromatic rings. The average molecular weight is 265 g/mol. The monoisotopic (exact) mass is 264 g/mol. The summed E-state index contributed by atoms with van der Waals surface area (Å²) in [7, 11) is 0. The highest BCUT2D eigenvalue weighted by molar-refractivity contribution is 6.30. The van der Waals surface area contributed by atoms with Gasteiger partial charge in [0, 0.05) is 11.6 Å². The normalized spacial score (nSPS) is 10.2. The molecule has 2 rings (SSSR count). The van der Waals surface area contributed by atoms with Crippen molar-refractivity contribution in [1.82, 2.24) is 4.98 Å². The quantitative estimate of drug-likeness (QED) is 0.734. The van der Waals surface area contributed by atoms with E-state index in [2.05, 4.69) is 4.98 Å². The second-order valence-electron chi connectivity index (χ2n) is 3.76. The fraction of sp³-hybridized carbons (Fsp3) is 0.0769. The lowest BCUT2D eigenvalue weighted by atomic mass is 10.1. The molecule has 0 bridgehead atoms. The van der Waals surface area contributed by atoms with Crippen LogP contribution in [0.2, 0.25) is 5.15 Å². The van der Waals surface area contributed by atoms with Crippen LogP contribution in [-0.4, -0.2) is 4.98 Å². The zero-order valence-electron chi connectivity index (χ0n) is 9.34. The zero-order valence-corrected chi connectivity index (χ0v) is 10.1. The number of nitrogens with zero attached hydrogens (tertiary/aromatic N) is 2. The van der Waals surface area contributed by atoms with Crippen LogP contribution in [-0.2, 0) is 0 Å². The van der Waals surface area contributed by atoms with Crippen LogP contribution >= 0.6 is 11.6 Å². The molecule has 0 amide bonds. The first-order valence-corrected chi connectivity index (χ1v) is 5.43. The van der Waals surface area contributed by atoms with E-state index in [0.717, 1.165) is 18.2 Å². The van der Waals surface area contributed by atoms with Gasteiger partial charge >= 0.3 is 0 Å². The highest BCUT2D eigenvalue weighted by Gasteiger charge is 2.10. The van der Waals surface area contributed by atoms with E-state index < -0.39 is 11.6 Å². The topological polar surface area (TPSA) is 36.7 Å². The van der Waals surface area contributed by atoms with E-state index in [9.17, 15) is 8.78 Å². The van der Waals surface area contributed by atoms with Gasteiger partial charge in [-0.2, -0.15) is 5.26 Å². The van der Waals surface area contributed by atoms with Crippen molar-refractivity contribution in [3.8, 4) is 17.3 Å². The Morgan fingerprint density at radius 2 is 1.78 bits per heavy atom.